The van der Waals surface area contributed by atoms with Crippen LogP contribution in [-0.2, 0) is 0 Å². The van der Waals surface area contributed by atoms with E-state index in [0.717, 1.165) is 10.9 Å². The van der Waals surface area contributed by atoms with Gasteiger partial charge in [-0.2, -0.15) is 0 Å². The average molecular weight is 189 g/mol. The zero-order valence-electron chi connectivity index (χ0n) is 7.86. The standard InChI is InChI=1S/C11H11NO2/c1-7(12)8-2-4-10-9(6-8)3-5-11(13)14-10/h2-7H,12H2,1H3/t7-/m1/s1. The number of nitrogens with two attached hydrogens (primary N) is 1. The van der Waals surface area contributed by atoms with Crippen molar-refractivity contribution < 1.29 is 4.42 Å². The van der Waals surface area contributed by atoms with Crippen LogP contribution in [-0.4, -0.2) is 0 Å². The molecule has 0 amide bonds. The fourth-order valence-electron chi connectivity index (χ4n) is 1.37. The van der Waals surface area contributed by atoms with Gasteiger partial charge < -0.3 is 10.2 Å². The van der Waals surface area contributed by atoms with E-state index in [2.05, 4.69) is 0 Å². The summed E-state index contributed by atoms with van der Waals surface area (Å²) < 4.78 is 5.00. The second-order valence-corrected chi connectivity index (χ2v) is 3.34. The van der Waals surface area contributed by atoms with Crippen LogP contribution in [0, 0.1) is 0 Å². The molecule has 1 aromatic carbocycles. The van der Waals surface area contributed by atoms with E-state index >= 15 is 0 Å². The lowest BCUT2D eigenvalue weighted by molar-refractivity contribution is 0.561. The van der Waals surface area contributed by atoms with Crippen LogP contribution in [0.3, 0.4) is 0 Å². The second-order valence-electron chi connectivity index (χ2n) is 3.34. The van der Waals surface area contributed by atoms with Crippen LogP contribution < -0.4 is 11.4 Å². The van der Waals surface area contributed by atoms with Crippen molar-refractivity contribution in [3.63, 3.8) is 0 Å². The minimum atomic E-state index is -0.328. The monoisotopic (exact) mass is 189 g/mol. The minimum absolute atomic E-state index is 0.00803. The van der Waals surface area contributed by atoms with E-state index in [1.807, 2.05) is 19.1 Å². The van der Waals surface area contributed by atoms with Crippen LogP contribution in [0.1, 0.15) is 18.5 Å². The third-order valence-electron chi connectivity index (χ3n) is 2.17. The molecule has 0 fully saturated rings. The van der Waals surface area contributed by atoms with Gasteiger partial charge in [0.2, 0.25) is 0 Å². The van der Waals surface area contributed by atoms with E-state index in [0.29, 0.717) is 5.58 Å². The van der Waals surface area contributed by atoms with Crippen LogP contribution in [0.2, 0.25) is 0 Å². The molecule has 0 radical (unpaired) electrons. The van der Waals surface area contributed by atoms with Crippen LogP contribution in [0.15, 0.2) is 39.5 Å². The first-order valence-corrected chi connectivity index (χ1v) is 4.46. The highest BCUT2D eigenvalue weighted by atomic mass is 16.4. The highest BCUT2D eigenvalue weighted by molar-refractivity contribution is 5.77. The van der Waals surface area contributed by atoms with Crippen LogP contribution >= 0.6 is 0 Å². The van der Waals surface area contributed by atoms with Gasteiger partial charge in [0.25, 0.3) is 0 Å². The van der Waals surface area contributed by atoms with Crippen LogP contribution in [0.5, 0.6) is 0 Å². The number of fused-ring (bicyclic) bond motifs is 1. The van der Waals surface area contributed by atoms with Crippen molar-refractivity contribution in [2.75, 3.05) is 0 Å². The summed E-state index contributed by atoms with van der Waals surface area (Å²) in [6, 6.07) is 8.72. The molecule has 2 N–H and O–H groups in total. The van der Waals surface area contributed by atoms with Gasteiger partial charge in [0, 0.05) is 17.5 Å². The summed E-state index contributed by atoms with van der Waals surface area (Å²) in [6.45, 7) is 1.92. The fourth-order valence-corrected chi connectivity index (χ4v) is 1.37. The Hall–Kier alpha value is -1.61. The van der Waals surface area contributed by atoms with E-state index in [-0.39, 0.29) is 11.7 Å². The average Bonchev–Trinajstić information content (AvgIpc) is 2.16. The van der Waals surface area contributed by atoms with Gasteiger partial charge in [0.15, 0.2) is 0 Å². The van der Waals surface area contributed by atoms with E-state index < -0.39 is 0 Å². The third kappa shape index (κ3) is 1.54. The predicted molar refractivity (Wildman–Crippen MR) is 55.1 cm³/mol. The van der Waals surface area contributed by atoms with Crippen molar-refractivity contribution in [2.24, 2.45) is 5.73 Å². The molecule has 14 heavy (non-hydrogen) atoms. The van der Waals surface area contributed by atoms with E-state index in [1.54, 1.807) is 12.1 Å². The minimum Gasteiger partial charge on any atom is -0.423 e. The molecule has 0 saturated heterocycles. The van der Waals surface area contributed by atoms with Crippen molar-refractivity contribution in [2.45, 2.75) is 13.0 Å². The summed E-state index contributed by atoms with van der Waals surface area (Å²) in [4.78, 5) is 10.9. The highest BCUT2D eigenvalue weighted by Gasteiger charge is 2.01. The Labute approximate surface area is 81.1 Å². The lowest BCUT2D eigenvalue weighted by Crippen LogP contribution is -2.04. The number of rotatable bonds is 1. The quantitative estimate of drug-likeness (QED) is 0.696. The molecule has 0 unspecified atom stereocenters. The van der Waals surface area contributed by atoms with Crippen molar-refractivity contribution >= 4 is 11.0 Å². The van der Waals surface area contributed by atoms with E-state index in [9.17, 15) is 4.79 Å². The Morgan fingerprint density at radius 3 is 2.79 bits per heavy atom. The summed E-state index contributed by atoms with van der Waals surface area (Å²) in [5, 5.41) is 0.902. The number of benzene rings is 1. The molecule has 0 spiro atoms. The lowest BCUT2D eigenvalue weighted by Gasteiger charge is -2.05. The molecule has 72 valence electrons. The molecule has 1 heterocycles. The maximum atomic E-state index is 10.9. The van der Waals surface area contributed by atoms with Crippen molar-refractivity contribution in [3.05, 3.63) is 46.3 Å². The lowest BCUT2D eigenvalue weighted by atomic mass is 10.1. The fraction of sp³-hybridized carbons (Fsp3) is 0.182. The van der Waals surface area contributed by atoms with Gasteiger partial charge in [0.05, 0.1) is 0 Å². The molecular weight excluding hydrogens is 178 g/mol. The predicted octanol–water partition coefficient (Wildman–Crippen LogP) is 1.81. The molecule has 3 heteroatoms. The Morgan fingerprint density at radius 2 is 2.07 bits per heavy atom. The van der Waals surface area contributed by atoms with Gasteiger partial charge in [0.1, 0.15) is 5.58 Å². The van der Waals surface area contributed by atoms with Crippen LogP contribution in [0.25, 0.3) is 11.0 Å². The molecule has 2 rings (SSSR count). The van der Waals surface area contributed by atoms with E-state index in [1.165, 1.54) is 6.07 Å². The molecular formula is C11H11NO2. The van der Waals surface area contributed by atoms with Gasteiger partial charge in [-0.15, -0.1) is 0 Å². The summed E-state index contributed by atoms with van der Waals surface area (Å²) in [5.41, 5.74) is 7.05. The Morgan fingerprint density at radius 1 is 1.29 bits per heavy atom. The topological polar surface area (TPSA) is 56.2 Å². The van der Waals surface area contributed by atoms with Gasteiger partial charge in [-0.1, -0.05) is 6.07 Å². The zero-order chi connectivity index (χ0) is 10.1. The SMILES string of the molecule is C[C@@H](N)c1ccc2oc(=O)ccc2c1. The molecule has 0 bridgehead atoms. The van der Waals surface area contributed by atoms with Gasteiger partial charge in [-0.3, -0.25) is 0 Å². The van der Waals surface area contributed by atoms with Crippen molar-refractivity contribution in [1.82, 2.24) is 0 Å². The van der Waals surface area contributed by atoms with Crippen molar-refractivity contribution in [3.8, 4) is 0 Å². The molecule has 1 atom stereocenters. The Kier molecular flexibility index (Phi) is 2.09. The first-order chi connectivity index (χ1) is 6.66. The maximum Gasteiger partial charge on any atom is 0.336 e. The smallest absolute Gasteiger partial charge is 0.336 e. The summed E-state index contributed by atoms with van der Waals surface area (Å²) in [6.07, 6.45) is 0. The number of hydrogen-bond acceptors (Lipinski definition) is 3. The highest BCUT2D eigenvalue weighted by Crippen LogP contribution is 2.17. The first-order valence-electron chi connectivity index (χ1n) is 4.46. The Bertz CT molecular complexity index is 514. The summed E-state index contributed by atoms with van der Waals surface area (Å²) in [5.74, 6) is 0. The van der Waals surface area contributed by atoms with Gasteiger partial charge in [-0.05, 0) is 30.7 Å². The molecule has 3 nitrogen and oxygen atoms in total. The zero-order valence-corrected chi connectivity index (χ0v) is 7.86. The summed E-state index contributed by atoms with van der Waals surface area (Å²) >= 11 is 0. The Balaban J connectivity index is 2.67. The largest absolute Gasteiger partial charge is 0.423 e. The summed E-state index contributed by atoms with van der Waals surface area (Å²) in [7, 11) is 0. The van der Waals surface area contributed by atoms with Crippen molar-refractivity contribution in [1.29, 1.82) is 0 Å². The molecule has 0 saturated carbocycles. The van der Waals surface area contributed by atoms with Gasteiger partial charge >= 0.3 is 5.63 Å². The molecule has 1 aromatic heterocycles. The normalized spacial score (nSPS) is 13.0. The van der Waals surface area contributed by atoms with E-state index in [4.69, 9.17) is 10.2 Å². The molecule has 0 aliphatic rings. The molecule has 2 aromatic rings. The third-order valence-corrected chi connectivity index (χ3v) is 2.17. The van der Waals surface area contributed by atoms with Crippen LogP contribution in [0.4, 0.5) is 0 Å². The maximum absolute atomic E-state index is 10.9. The van der Waals surface area contributed by atoms with Gasteiger partial charge in [-0.25, -0.2) is 4.79 Å². The second kappa shape index (κ2) is 3.27. The first kappa shape index (κ1) is 8.97. The number of hydrogen-bond donors (Lipinski definition) is 1. The molecule has 0 aliphatic heterocycles. The molecule has 0 aliphatic carbocycles.